The highest BCUT2D eigenvalue weighted by atomic mass is 16.6. The first kappa shape index (κ1) is 9.66. The molecule has 0 saturated carbocycles. The summed E-state index contributed by atoms with van der Waals surface area (Å²) in [6, 6.07) is 0. The van der Waals surface area contributed by atoms with Crippen LogP contribution in [0.15, 0.2) is 0 Å². The third kappa shape index (κ3) is 1.34. The van der Waals surface area contributed by atoms with Gasteiger partial charge in [0.1, 0.15) is 18.3 Å². The van der Waals surface area contributed by atoms with Crippen molar-refractivity contribution in [2.75, 3.05) is 6.61 Å². The molecule has 0 aromatic heterocycles. The lowest BCUT2D eigenvalue weighted by Gasteiger charge is -2.19. The van der Waals surface area contributed by atoms with E-state index < -0.39 is 43.3 Å². The van der Waals surface area contributed by atoms with Crippen molar-refractivity contribution in [3.8, 4) is 0 Å². The van der Waals surface area contributed by atoms with Gasteiger partial charge in [-0.1, -0.05) is 0 Å². The number of alkyl carbamates (subject to hydrolysis) is 1. The third-order valence-electron chi connectivity index (χ3n) is 2.34. The van der Waals surface area contributed by atoms with Gasteiger partial charge in [-0.2, -0.15) is 0 Å². The normalized spacial score (nSPS) is 42.9. The topological polar surface area (TPSA) is 108 Å². The lowest BCUT2D eigenvalue weighted by Crippen LogP contribution is -2.41. The van der Waals surface area contributed by atoms with Gasteiger partial charge < -0.3 is 24.8 Å². The van der Waals surface area contributed by atoms with E-state index >= 15 is 0 Å². The Morgan fingerprint density at radius 1 is 1.57 bits per heavy atom. The fourth-order valence-electron chi connectivity index (χ4n) is 1.64. The van der Waals surface area contributed by atoms with E-state index in [-0.39, 0.29) is 0 Å². The highest BCUT2D eigenvalue weighted by Gasteiger charge is 2.52. The smallest absolute Gasteiger partial charge is 0.409 e. The number of nitrogens with one attached hydrogen (secondary N) is 1. The molecular formula is C7H11NO6. The molecule has 0 aromatic rings. The summed E-state index contributed by atoms with van der Waals surface area (Å²) in [5, 5.41) is 29.8. The number of carbonyl (C=O) groups excluding carboxylic acids is 1. The van der Waals surface area contributed by atoms with E-state index in [1.807, 2.05) is 0 Å². The SMILES string of the molecule is O=C1N[C@H]2O[C@@H]([C@H](O)CO)[C@@H](O)[C@H]2O1. The van der Waals surface area contributed by atoms with Crippen LogP contribution in [0.2, 0.25) is 0 Å². The summed E-state index contributed by atoms with van der Waals surface area (Å²) < 4.78 is 9.81. The Hall–Kier alpha value is -0.890. The molecule has 2 heterocycles. The number of aliphatic hydroxyl groups excluding tert-OH is 3. The minimum atomic E-state index is -1.18. The summed E-state index contributed by atoms with van der Waals surface area (Å²) in [7, 11) is 0. The molecule has 2 aliphatic rings. The van der Waals surface area contributed by atoms with Gasteiger partial charge in [-0.15, -0.1) is 0 Å². The molecule has 0 bridgehead atoms. The number of rotatable bonds is 2. The second kappa shape index (κ2) is 3.35. The maximum Gasteiger partial charge on any atom is 0.409 e. The van der Waals surface area contributed by atoms with Crippen LogP contribution in [0.5, 0.6) is 0 Å². The van der Waals surface area contributed by atoms with Gasteiger partial charge in [0.2, 0.25) is 0 Å². The van der Waals surface area contributed by atoms with Crippen molar-refractivity contribution in [3.63, 3.8) is 0 Å². The fourth-order valence-corrected chi connectivity index (χ4v) is 1.64. The first-order valence-electron chi connectivity index (χ1n) is 4.23. The zero-order chi connectivity index (χ0) is 10.3. The molecule has 0 spiro atoms. The summed E-state index contributed by atoms with van der Waals surface area (Å²) in [4.78, 5) is 10.7. The molecule has 5 atom stereocenters. The maximum absolute atomic E-state index is 10.7. The van der Waals surface area contributed by atoms with E-state index in [2.05, 4.69) is 5.32 Å². The monoisotopic (exact) mass is 205 g/mol. The molecule has 14 heavy (non-hydrogen) atoms. The molecule has 0 aliphatic carbocycles. The average molecular weight is 205 g/mol. The molecule has 1 amide bonds. The standard InChI is InChI=1S/C7H11NO6/c9-1-2(10)4-3(11)5-6(13-4)8-7(12)14-5/h2-6,9-11H,1H2,(H,8,12)/t2-,3-,4+,5-,6+/m1/s1. The molecule has 0 aromatic carbocycles. The van der Waals surface area contributed by atoms with Gasteiger partial charge in [-0.05, 0) is 0 Å². The van der Waals surface area contributed by atoms with E-state index in [0.717, 1.165) is 0 Å². The van der Waals surface area contributed by atoms with E-state index in [1.54, 1.807) is 0 Å². The minimum absolute atomic E-state index is 0.519. The van der Waals surface area contributed by atoms with Crippen LogP contribution in [-0.2, 0) is 9.47 Å². The van der Waals surface area contributed by atoms with Crippen LogP contribution < -0.4 is 5.32 Å². The van der Waals surface area contributed by atoms with Gasteiger partial charge in [-0.3, -0.25) is 5.32 Å². The summed E-state index contributed by atoms with van der Waals surface area (Å²) in [5.74, 6) is 0. The van der Waals surface area contributed by atoms with E-state index in [0.29, 0.717) is 0 Å². The number of hydrogen-bond acceptors (Lipinski definition) is 6. The lowest BCUT2D eigenvalue weighted by atomic mass is 10.1. The Morgan fingerprint density at radius 3 is 2.86 bits per heavy atom. The van der Waals surface area contributed by atoms with Gasteiger partial charge in [0.15, 0.2) is 12.3 Å². The van der Waals surface area contributed by atoms with E-state index in [9.17, 15) is 15.0 Å². The molecular weight excluding hydrogens is 194 g/mol. The molecule has 7 nitrogen and oxygen atoms in total. The Morgan fingerprint density at radius 2 is 2.29 bits per heavy atom. The van der Waals surface area contributed by atoms with Crippen LogP contribution >= 0.6 is 0 Å². The van der Waals surface area contributed by atoms with Gasteiger partial charge in [0.05, 0.1) is 6.61 Å². The van der Waals surface area contributed by atoms with Crippen LogP contribution in [0.1, 0.15) is 0 Å². The molecule has 0 unspecified atom stereocenters. The summed E-state index contributed by atoms with van der Waals surface area (Å²) in [5.41, 5.74) is 0. The van der Waals surface area contributed by atoms with Crippen LogP contribution in [-0.4, -0.2) is 58.7 Å². The summed E-state index contributed by atoms with van der Waals surface area (Å²) >= 11 is 0. The predicted molar refractivity (Wildman–Crippen MR) is 41.2 cm³/mol. The van der Waals surface area contributed by atoms with Gasteiger partial charge in [0.25, 0.3) is 0 Å². The first-order chi connectivity index (χ1) is 6.63. The van der Waals surface area contributed by atoms with Crippen molar-refractivity contribution < 1.29 is 29.6 Å². The number of amides is 1. The number of aliphatic hydroxyl groups is 3. The Labute approximate surface area is 79.2 Å². The van der Waals surface area contributed by atoms with E-state index in [1.165, 1.54) is 0 Å². The van der Waals surface area contributed by atoms with Crippen LogP contribution in [0.3, 0.4) is 0 Å². The number of hydrogen-bond donors (Lipinski definition) is 4. The van der Waals surface area contributed by atoms with Crippen molar-refractivity contribution in [3.05, 3.63) is 0 Å². The zero-order valence-electron chi connectivity index (χ0n) is 7.16. The maximum atomic E-state index is 10.7. The highest BCUT2D eigenvalue weighted by molar-refractivity contribution is 5.70. The number of fused-ring (bicyclic) bond motifs is 1. The second-order valence-electron chi connectivity index (χ2n) is 3.28. The molecule has 2 aliphatic heterocycles. The Balaban J connectivity index is 2.05. The molecule has 2 saturated heterocycles. The van der Waals surface area contributed by atoms with Gasteiger partial charge in [0, 0.05) is 0 Å². The fraction of sp³-hybridized carbons (Fsp3) is 0.857. The van der Waals surface area contributed by atoms with Crippen LogP contribution in [0, 0.1) is 0 Å². The molecule has 0 radical (unpaired) electrons. The molecule has 2 fully saturated rings. The minimum Gasteiger partial charge on any atom is -0.438 e. The van der Waals surface area contributed by atoms with Crippen molar-refractivity contribution in [2.45, 2.75) is 30.6 Å². The average Bonchev–Trinajstić information content (AvgIpc) is 2.64. The predicted octanol–water partition coefficient (Wildman–Crippen LogP) is -2.47. The zero-order valence-corrected chi connectivity index (χ0v) is 7.16. The van der Waals surface area contributed by atoms with Crippen LogP contribution in [0.25, 0.3) is 0 Å². The molecule has 4 N–H and O–H groups in total. The summed E-state index contributed by atoms with van der Waals surface area (Å²) in [6.45, 7) is -0.519. The molecule has 2 rings (SSSR count). The van der Waals surface area contributed by atoms with Gasteiger partial charge in [-0.25, -0.2) is 4.79 Å². The van der Waals surface area contributed by atoms with E-state index in [4.69, 9.17) is 14.6 Å². The van der Waals surface area contributed by atoms with Crippen molar-refractivity contribution in [1.82, 2.24) is 5.32 Å². The number of ether oxygens (including phenoxy) is 2. The molecule has 80 valence electrons. The van der Waals surface area contributed by atoms with Crippen LogP contribution in [0.4, 0.5) is 4.79 Å². The quantitative estimate of drug-likeness (QED) is 0.398. The number of carbonyl (C=O) groups is 1. The lowest BCUT2D eigenvalue weighted by molar-refractivity contribution is -0.0862. The third-order valence-corrected chi connectivity index (χ3v) is 2.34. The Kier molecular flexibility index (Phi) is 2.31. The summed E-state index contributed by atoms with van der Waals surface area (Å²) in [6.07, 6.45) is -5.46. The highest BCUT2D eigenvalue weighted by Crippen LogP contribution is 2.28. The van der Waals surface area contributed by atoms with Crippen molar-refractivity contribution in [1.29, 1.82) is 0 Å². The van der Waals surface area contributed by atoms with Crippen molar-refractivity contribution in [2.24, 2.45) is 0 Å². The second-order valence-corrected chi connectivity index (χ2v) is 3.28. The molecule has 7 heteroatoms. The Bertz CT molecular complexity index is 246. The first-order valence-corrected chi connectivity index (χ1v) is 4.23. The largest absolute Gasteiger partial charge is 0.438 e. The van der Waals surface area contributed by atoms with Crippen molar-refractivity contribution >= 4 is 6.09 Å². The van der Waals surface area contributed by atoms with Gasteiger partial charge >= 0.3 is 6.09 Å².